The summed E-state index contributed by atoms with van der Waals surface area (Å²) < 4.78 is 5.56. The number of rotatable bonds is 0. The summed E-state index contributed by atoms with van der Waals surface area (Å²) in [6.45, 7) is 8.60. The van der Waals surface area contributed by atoms with Gasteiger partial charge in [0.15, 0.2) is 0 Å². The molecule has 1 aromatic rings. The summed E-state index contributed by atoms with van der Waals surface area (Å²) in [4.78, 5) is 1.26. The Bertz CT molecular complexity index is 260. The second kappa shape index (κ2) is 2.87. The minimum absolute atomic E-state index is 0.156. The van der Waals surface area contributed by atoms with E-state index in [4.69, 9.17) is 0 Å². The molecule has 0 saturated heterocycles. The molecule has 11 heavy (non-hydrogen) atoms. The molecule has 0 aliphatic rings. The fraction of sp³-hybridized carbons (Fsp3) is 0.625. The molecule has 1 heterocycles. The van der Waals surface area contributed by atoms with E-state index < -0.39 is 0 Å². The normalized spacial score (nSPS) is 12.1. The van der Waals surface area contributed by atoms with Crippen LogP contribution in [0.4, 0.5) is 0 Å². The third-order valence-electron chi connectivity index (χ3n) is 1.50. The van der Waals surface area contributed by atoms with Crippen molar-refractivity contribution in [3.63, 3.8) is 0 Å². The molecule has 0 saturated carbocycles. The van der Waals surface area contributed by atoms with E-state index >= 15 is 0 Å². The Kier molecular flexibility index (Phi) is 2.40. The van der Waals surface area contributed by atoms with Crippen molar-refractivity contribution >= 4 is 27.5 Å². The van der Waals surface area contributed by atoms with Crippen LogP contribution in [-0.2, 0) is 5.41 Å². The van der Waals surface area contributed by atoms with Crippen molar-refractivity contribution in [3.8, 4) is 0 Å². The second-order valence-corrected chi connectivity index (χ2v) is 5.42. The molecule has 1 aromatic heterocycles. The molecule has 1 rings (SSSR count). The van der Waals surface area contributed by atoms with E-state index in [1.807, 2.05) is 0 Å². The number of halogens is 1. The number of nitrogens with zero attached hydrogens (tertiary/aromatic N) is 1. The summed E-state index contributed by atoms with van der Waals surface area (Å²) in [6, 6.07) is 0. The average molecular weight is 234 g/mol. The fourth-order valence-corrected chi connectivity index (χ4v) is 2.62. The Balaban J connectivity index is 3.15. The minimum Gasteiger partial charge on any atom is -0.196 e. The highest BCUT2D eigenvalue weighted by Crippen LogP contribution is 2.32. The molecule has 0 spiro atoms. The molecule has 1 nitrogen and oxygen atoms in total. The highest BCUT2D eigenvalue weighted by molar-refractivity contribution is 9.10. The monoisotopic (exact) mass is 233 g/mol. The van der Waals surface area contributed by atoms with Crippen LogP contribution in [-0.4, -0.2) is 4.37 Å². The van der Waals surface area contributed by atoms with Crippen LogP contribution in [0.5, 0.6) is 0 Å². The molecule has 0 N–H and O–H groups in total. The van der Waals surface area contributed by atoms with Gasteiger partial charge in [-0.3, -0.25) is 0 Å². The topological polar surface area (TPSA) is 12.9 Å². The first-order chi connectivity index (χ1) is 4.93. The van der Waals surface area contributed by atoms with E-state index in [9.17, 15) is 0 Å². The van der Waals surface area contributed by atoms with Crippen molar-refractivity contribution in [2.75, 3.05) is 0 Å². The van der Waals surface area contributed by atoms with Gasteiger partial charge in [-0.05, 0) is 34.4 Å². The number of hydrogen-bond donors (Lipinski definition) is 0. The standard InChI is InChI=1S/C8H12BrNS/c1-5-6(9)7(10-11-5)8(2,3)4/h1-4H3. The second-order valence-electron chi connectivity index (χ2n) is 3.65. The van der Waals surface area contributed by atoms with Gasteiger partial charge >= 0.3 is 0 Å². The van der Waals surface area contributed by atoms with E-state index in [1.165, 1.54) is 15.0 Å². The zero-order valence-electron chi connectivity index (χ0n) is 7.23. The van der Waals surface area contributed by atoms with Crippen LogP contribution in [0.2, 0.25) is 0 Å². The van der Waals surface area contributed by atoms with E-state index in [1.54, 1.807) is 11.5 Å². The smallest absolute Gasteiger partial charge is 0.0740 e. The summed E-state index contributed by atoms with van der Waals surface area (Å²) >= 11 is 5.09. The van der Waals surface area contributed by atoms with Crippen molar-refractivity contribution in [1.82, 2.24) is 4.37 Å². The van der Waals surface area contributed by atoms with Crippen LogP contribution in [0.3, 0.4) is 0 Å². The van der Waals surface area contributed by atoms with E-state index in [2.05, 4.69) is 48.0 Å². The fourth-order valence-electron chi connectivity index (χ4n) is 0.827. The van der Waals surface area contributed by atoms with E-state index in [0.717, 1.165) is 0 Å². The Hall–Kier alpha value is 0.110. The quantitative estimate of drug-likeness (QED) is 0.669. The molecule has 0 amide bonds. The predicted molar refractivity (Wildman–Crippen MR) is 53.3 cm³/mol. The van der Waals surface area contributed by atoms with Gasteiger partial charge in [-0.2, -0.15) is 4.37 Å². The SMILES string of the molecule is Cc1snc(C(C)(C)C)c1Br. The lowest BCUT2D eigenvalue weighted by atomic mass is 9.92. The van der Waals surface area contributed by atoms with E-state index in [-0.39, 0.29) is 5.41 Å². The largest absolute Gasteiger partial charge is 0.196 e. The van der Waals surface area contributed by atoms with E-state index in [0.29, 0.717) is 0 Å². The van der Waals surface area contributed by atoms with Crippen LogP contribution in [0.25, 0.3) is 0 Å². The van der Waals surface area contributed by atoms with Crippen molar-refractivity contribution in [3.05, 3.63) is 15.0 Å². The summed E-state index contributed by atoms with van der Waals surface area (Å²) in [7, 11) is 0. The maximum atomic E-state index is 4.38. The number of aromatic nitrogens is 1. The molecule has 0 aliphatic heterocycles. The minimum atomic E-state index is 0.156. The van der Waals surface area contributed by atoms with Crippen molar-refractivity contribution in [2.24, 2.45) is 0 Å². The lowest BCUT2D eigenvalue weighted by Gasteiger charge is -2.15. The van der Waals surface area contributed by atoms with Gasteiger partial charge in [0.2, 0.25) is 0 Å². The summed E-state index contributed by atoms with van der Waals surface area (Å²) in [5.41, 5.74) is 1.32. The zero-order valence-corrected chi connectivity index (χ0v) is 9.64. The lowest BCUT2D eigenvalue weighted by Crippen LogP contribution is -2.11. The van der Waals surface area contributed by atoms with Crippen LogP contribution < -0.4 is 0 Å². The molecular weight excluding hydrogens is 222 g/mol. The van der Waals surface area contributed by atoms with Gasteiger partial charge in [-0.15, -0.1) is 0 Å². The lowest BCUT2D eigenvalue weighted by molar-refractivity contribution is 0.572. The van der Waals surface area contributed by atoms with Gasteiger partial charge in [-0.25, -0.2) is 0 Å². The summed E-state index contributed by atoms with van der Waals surface area (Å²) in [5, 5.41) is 0. The maximum Gasteiger partial charge on any atom is 0.0740 e. The molecule has 0 aromatic carbocycles. The van der Waals surface area contributed by atoms with Crippen molar-refractivity contribution < 1.29 is 0 Å². The molecule has 62 valence electrons. The van der Waals surface area contributed by atoms with Crippen molar-refractivity contribution in [2.45, 2.75) is 33.1 Å². The van der Waals surface area contributed by atoms with Crippen LogP contribution in [0, 0.1) is 6.92 Å². The van der Waals surface area contributed by atoms with Gasteiger partial charge in [0.25, 0.3) is 0 Å². The van der Waals surface area contributed by atoms with Gasteiger partial charge in [0.1, 0.15) is 0 Å². The number of aryl methyl sites for hydroxylation is 1. The van der Waals surface area contributed by atoms with Gasteiger partial charge in [0, 0.05) is 10.3 Å². The highest BCUT2D eigenvalue weighted by Gasteiger charge is 2.21. The molecule has 0 fully saturated rings. The van der Waals surface area contributed by atoms with Crippen LogP contribution in [0.1, 0.15) is 31.3 Å². The highest BCUT2D eigenvalue weighted by atomic mass is 79.9. The molecule has 0 bridgehead atoms. The first kappa shape index (κ1) is 9.20. The first-order valence-electron chi connectivity index (χ1n) is 3.55. The maximum absolute atomic E-state index is 4.38. The summed E-state index contributed by atoms with van der Waals surface area (Å²) in [5.74, 6) is 0. The molecule has 0 atom stereocenters. The molecule has 0 aliphatic carbocycles. The average Bonchev–Trinajstić information content (AvgIpc) is 2.11. The molecule has 0 radical (unpaired) electrons. The Morgan fingerprint density at radius 2 is 1.91 bits per heavy atom. The van der Waals surface area contributed by atoms with Crippen LogP contribution in [0.15, 0.2) is 4.47 Å². The van der Waals surface area contributed by atoms with Gasteiger partial charge in [-0.1, -0.05) is 20.8 Å². The van der Waals surface area contributed by atoms with Gasteiger partial charge < -0.3 is 0 Å². The molecule has 3 heteroatoms. The third kappa shape index (κ3) is 1.82. The Morgan fingerprint density at radius 1 is 1.36 bits per heavy atom. The predicted octanol–water partition coefficient (Wildman–Crippen LogP) is 3.51. The first-order valence-corrected chi connectivity index (χ1v) is 5.12. The van der Waals surface area contributed by atoms with Crippen molar-refractivity contribution in [1.29, 1.82) is 0 Å². The summed E-state index contributed by atoms with van der Waals surface area (Å²) in [6.07, 6.45) is 0. The Morgan fingerprint density at radius 3 is 2.09 bits per heavy atom. The molecular formula is C8H12BrNS. The molecule has 0 unspecified atom stereocenters. The zero-order chi connectivity index (χ0) is 8.65. The Labute approximate surface area is 80.1 Å². The van der Waals surface area contributed by atoms with Gasteiger partial charge in [0.05, 0.1) is 10.2 Å². The number of hydrogen-bond acceptors (Lipinski definition) is 2. The van der Waals surface area contributed by atoms with Crippen LogP contribution >= 0.6 is 27.5 Å². The third-order valence-corrected chi connectivity index (χ3v) is 3.49.